The summed E-state index contributed by atoms with van der Waals surface area (Å²) < 4.78 is 5.45. The summed E-state index contributed by atoms with van der Waals surface area (Å²) in [5, 5.41) is 6.05. The molecule has 1 N–H and O–H groups in total. The maximum Gasteiger partial charge on any atom is 0.320 e. The van der Waals surface area contributed by atoms with Crippen LogP contribution in [-0.2, 0) is 38.9 Å². The zero-order chi connectivity index (χ0) is 25.6. The van der Waals surface area contributed by atoms with Crippen LogP contribution < -0.4 is 10.2 Å². The van der Waals surface area contributed by atoms with Crippen molar-refractivity contribution in [3.05, 3.63) is 36.5 Å². The van der Waals surface area contributed by atoms with E-state index >= 15 is 0 Å². The molecule has 2 unspecified atom stereocenters. The van der Waals surface area contributed by atoms with Crippen molar-refractivity contribution in [3.8, 4) is 0 Å². The summed E-state index contributed by atoms with van der Waals surface area (Å²) in [6.45, 7) is 19.4. The van der Waals surface area contributed by atoms with Crippen molar-refractivity contribution in [1.29, 1.82) is 0 Å². The van der Waals surface area contributed by atoms with E-state index in [1.54, 1.807) is 5.32 Å². The number of esters is 1. The predicted molar refractivity (Wildman–Crippen MR) is 134 cm³/mol. The summed E-state index contributed by atoms with van der Waals surface area (Å²) >= 11 is 0. The largest absolute Gasteiger partial charge is 0.687 e. The molecule has 2 rings (SSSR count). The van der Waals surface area contributed by atoms with E-state index in [0.29, 0.717) is 18.6 Å². The smallest absolute Gasteiger partial charge is 0.320 e. The molecule has 1 fully saturated rings. The second kappa shape index (κ2) is 17.5. The van der Waals surface area contributed by atoms with Gasteiger partial charge < -0.3 is 36.8 Å². The average molecular weight is 652 g/mol. The summed E-state index contributed by atoms with van der Waals surface area (Å²) in [6.07, 6.45) is 1.31. The molecule has 0 saturated carbocycles. The SMILES string of the molecule is CC.C[N-]c1cccc(N2C(C)CN(CC(=O)OC(C)(C)C)CC2C)c1.[CH2-]CC(=O)N[C-]=O.[Os]. The standard InChI is InChI=1S/C19H30N3O2.C4H5NO2.C2H6.Os/c1-14-11-21(13-18(23)24-19(3,4)5)12-15(2)22(14)17-9-7-8-16(10-17)20-6;1-2-4(7)5-3-6;1-2;/h7-10,14-15H,11-13H2,1-6H3;1-2H2,(H,5,6,7);1-2H3;/q-1;-2;;. The Bertz CT molecular complexity index is 728. The fraction of sp³-hybridized carbons (Fsp3) is 0.600. The summed E-state index contributed by atoms with van der Waals surface area (Å²) in [5.41, 5.74) is 1.75. The van der Waals surface area contributed by atoms with Gasteiger partial charge in [-0.05, 0) is 40.7 Å². The minimum Gasteiger partial charge on any atom is -0.687 e. The van der Waals surface area contributed by atoms with E-state index in [0.717, 1.165) is 18.8 Å². The number of carbonyl (C=O) groups is 2. The van der Waals surface area contributed by atoms with Gasteiger partial charge in [-0.3, -0.25) is 9.69 Å². The van der Waals surface area contributed by atoms with E-state index in [1.165, 1.54) is 12.1 Å². The van der Waals surface area contributed by atoms with Gasteiger partial charge in [0.1, 0.15) is 5.60 Å². The Morgan fingerprint density at radius 3 is 2.18 bits per heavy atom. The summed E-state index contributed by atoms with van der Waals surface area (Å²) in [7, 11) is 1.81. The van der Waals surface area contributed by atoms with Crippen molar-refractivity contribution in [2.75, 3.05) is 31.6 Å². The van der Waals surface area contributed by atoms with Gasteiger partial charge in [0.2, 0.25) is 0 Å². The van der Waals surface area contributed by atoms with Crippen molar-refractivity contribution in [2.45, 2.75) is 72.6 Å². The molecule has 0 radical (unpaired) electrons. The van der Waals surface area contributed by atoms with Crippen LogP contribution in [0.1, 0.15) is 54.9 Å². The second-order valence-electron chi connectivity index (χ2n) is 8.53. The third-order valence-electron chi connectivity index (χ3n) is 4.57. The molecule has 1 aromatic rings. The van der Waals surface area contributed by atoms with Gasteiger partial charge in [-0.25, -0.2) is 0 Å². The monoisotopic (exact) mass is 653 g/mol. The number of anilines is 1. The van der Waals surface area contributed by atoms with E-state index in [4.69, 9.17) is 4.74 Å². The maximum absolute atomic E-state index is 12.1. The molecule has 1 aliphatic rings. The first kappa shape index (κ1) is 34.2. The average Bonchev–Trinajstić information content (AvgIpc) is 2.74. The first-order chi connectivity index (χ1) is 15.5. The number of carbonyl (C=O) groups excluding carboxylic acids is 3. The Hall–Kier alpha value is -1.97. The molecule has 196 valence electrons. The van der Waals surface area contributed by atoms with Crippen molar-refractivity contribution in [3.63, 3.8) is 0 Å². The molecule has 1 saturated heterocycles. The molecule has 0 spiro atoms. The van der Waals surface area contributed by atoms with Crippen molar-refractivity contribution in [1.82, 2.24) is 10.2 Å². The molecule has 0 aliphatic carbocycles. The molecule has 0 aromatic heterocycles. The summed E-state index contributed by atoms with van der Waals surface area (Å²) in [4.78, 5) is 36.0. The van der Waals surface area contributed by atoms with Gasteiger partial charge in [-0.15, -0.1) is 12.7 Å². The Morgan fingerprint density at radius 1 is 1.21 bits per heavy atom. The van der Waals surface area contributed by atoms with E-state index in [1.807, 2.05) is 53.8 Å². The maximum atomic E-state index is 12.1. The van der Waals surface area contributed by atoms with Crippen molar-refractivity contribution in [2.24, 2.45) is 0 Å². The van der Waals surface area contributed by atoms with Gasteiger partial charge in [0.25, 0.3) is 0 Å². The van der Waals surface area contributed by atoms with Crippen LogP contribution >= 0.6 is 0 Å². The van der Waals surface area contributed by atoms with Gasteiger partial charge in [-0.1, -0.05) is 32.0 Å². The molecule has 34 heavy (non-hydrogen) atoms. The third kappa shape index (κ3) is 13.1. The molecule has 1 heterocycles. The molecule has 2 amide bonds. The van der Waals surface area contributed by atoms with E-state index in [9.17, 15) is 14.4 Å². The topological polar surface area (TPSA) is 93.1 Å². The van der Waals surface area contributed by atoms with Gasteiger partial charge >= 0.3 is 5.97 Å². The van der Waals surface area contributed by atoms with Crippen LogP contribution in [0.4, 0.5) is 11.4 Å². The van der Waals surface area contributed by atoms with Gasteiger partial charge in [0.05, 0.1) is 13.0 Å². The molecular formula is C25H41N4O4Os-3. The number of benzene rings is 1. The van der Waals surface area contributed by atoms with Crippen LogP contribution in [0, 0.1) is 6.92 Å². The number of nitrogens with one attached hydrogen (secondary N) is 1. The van der Waals surface area contributed by atoms with Crippen LogP contribution in [-0.4, -0.2) is 67.6 Å². The van der Waals surface area contributed by atoms with Crippen LogP contribution in [0.2, 0.25) is 0 Å². The molecule has 2 atom stereocenters. The number of rotatable bonds is 6. The van der Waals surface area contributed by atoms with E-state index < -0.39 is 11.5 Å². The normalized spacial score (nSPS) is 17.5. The third-order valence-corrected chi connectivity index (χ3v) is 4.57. The van der Waals surface area contributed by atoms with Crippen LogP contribution in [0.5, 0.6) is 0 Å². The molecular weight excluding hydrogens is 611 g/mol. The van der Waals surface area contributed by atoms with Crippen LogP contribution in [0.15, 0.2) is 24.3 Å². The number of hydrogen-bond donors (Lipinski definition) is 1. The number of nitrogens with zero attached hydrogens (tertiary/aromatic N) is 3. The fourth-order valence-electron chi connectivity index (χ4n) is 3.54. The first-order valence-electron chi connectivity index (χ1n) is 11.4. The van der Waals surface area contributed by atoms with Crippen LogP contribution in [0.25, 0.3) is 5.32 Å². The Kier molecular flexibility index (Phi) is 17.6. The van der Waals surface area contributed by atoms with Crippen LogP contribution in [0.3, 0.4) is 0 Å². The number of hydrogen-bond acceptors (Lipinski definition) is 6. The number of piperazine rings is 1. The van der Waals surface area contributed by atoms with Gasteiger partial charge in [-0.2, -0.15) is 6.42 Å². The molecule has 1 aliphatic heterocycles. The number of ether oxygens (including phenoxy) is 1. The Morgan fingerprint density at radius 2 is 1.76 bits per heavy atom. The quantitative estimate of drug-likeness (QED) is 0.284. The number of imide groups is 1. The molecule has 1 aromatic carbocycles. The Labute approximate surface area is 219 Å². The number of amides is 2. The zero-order valence-corrected chi connectivity index (χ0v) is 24.4. The fourth-order valence-corrected chi connectivity index (χ4v) is 3.54. The van der Waals surface area contributed by atoms with Crippen molar-refractivity contribution < 1.29 is 38.9 Å². The van der Waals surface area contributed by atoms with Gasteiger partial charge in [0, 0.05) is 56.6 Å². The minimum atomic E-state index is -0.430. The Balaban J connectivity index is 0. The van der Waals surface area contributed by atoms with E-state index in [2.05, 4.69) is 48.0 Å². The molecule has 0 bridgehead atoms. The minimum absolute atomic E-state index is 0. The first-order valence-corrected chi connectivity index (χ1v) is 11.4. The molecule has 8 nitrogen and oxygen atoms in total. The summed E-state index contributed by atoms with van der Waals surface area (Å²) in [6, 6.07) is 8.95. The molecule has 9 heteroatoms. The summed E-state index contributed by atoms with van der Waals surface area (Å²) in [5.74, 6) is -0.558. The van der Waals surface area contributed by atoms with Crippen molar-refractivity contribution >= 4 is 29.7 Å². The predicted octanol–water partition coefficient (Wildman–Crippen LogP) is 3.98. The second-order valence-corrected chi connectivity index (χ2v) is 8.53. The van der Waals surface area contributed by atoms with E-state index in [-0.39, 0.29) is 32.2 Å². The zero-order valence-electron chi connectivity index (χ0n) is 21.8. The van der Waals surface area contributed by atoms with Gasteiger partial charge in [0.15, 0.2) is 0 Å².